The van der Waals surface area contributed by atoms with E-state index in [0.29, 0.717) is 30.8 Å². The fraction of sp³-hybridized carbons (Fsp3) is 0.679. The van der Waals surface area contributed by atoms with Gasteiger partial charge in [0.15, 0.2) is 11.2 Å². The Morgan fingerprint density at radius 1 is 0.697 bits per heavy atom. The summed E-state index contributed by atoms with van der Waals surface area (Å²) in [5, 5.41) is 0. The molecule has 0 atom stereocenters. The molecule has 0 aliphatic heterocycles. The van der Waals surface area contributed by atoms with Crippen molar-refractivity contribution in [1.82, 2.24) is 0 Å². The van der Waals surface area contributed by atoms with Crippen LogP contribution < -0.4 is 4.74 Å². The maximum absolute atomic E-state index is 12.9. The Kier molecular flexibility index (Phi) is 14.4. The average Bonchev–Trinajstić information content (AvgIpc) is 2.81. The Bertz CT molecular complexity index is 704. The Labute approximate surface area is 200 Å². The summed E-state index contributed by atoms with van der Waals surface area (Å²) in [7, 11) is 0. The van der Waals surface area contributed by atoms with E-state index in [0.717, 1.165) is 19.3 Å². The van der Waals surface area contributed by atoms with E-state index in [1.165, 1.54) is 58.3 Å². The molecule has 0 spiro atoms. The van der Waals surface area contributed by atoms with Crippen molar-refractivity contribution in [3.63, 3.8) is 0 Å². The topological polar surface area (TPSA) is 69.7 Å². The molecule has 33 heavy (non-hydrogen) atoms. The van der Waals surface area contributed by atoms with Crippen LogP contribution in [0.3, 0.4) is 0 Å². The Morgan fingerprint density at radius 3 is 1.64 bits per heavy atom. The SMILES string of the molecule is CCCCCCCCCCCCCOC(=O)C(CC)(CC)C(=O)Oc1ccc(C(C)=O)cc1. The number of esters is 2. The molecular formula is C28H44O5. The molecule has 1 aromatic rings. The zero-order valence-corrected chi connectivity index (χ0v) is 21.3. The van der Waals surface area contributed by atoms with Gasteiger partial charge in [-0.2, -0.15) is 0 Å². The molecule has 0 saturated carbocycles. The standard InChI is InChI=1S/C28H44O5/c1-5-8-9-10-11-12-13-14-15-16-17-22-32-26(30)28(6-2,7-3)27(31)33-25-20-18-24(19-21-25)23(4)29/h18-21H,5-17,22H2,1-4H3. The molecule has 0 aliphatic rings. The van der Waals surface area contributed by atoms with Crippen molar-refractivity contribution < 1.29 is 23.9 Å². The van der Waals surface area contributed by atoms with Crippen LogP contribution in [0, 0.1) is 5.41 Å². The van der Waals surface area contributed by atoms with Gasteiger partial charge in [-0.1, -0.05) is 85.0 Å². The molecule has 0 bridgehead atoms. The number of Topliss-reactive ketones (excluding diaryl/α,β-unsaturated/α-hetero) is 1. The summed E-state index contributed by atoms with van der Waals surface area (Å²) < 4.78 is 11.0. The summed E-state index contributed by atoms with van der Waals surface area (Å²) in [4.78, 5) is 37.1. The molecule has 0 heterocycles. The van der Waals surface area contributed by atoms with Gasteiger partial charge < -0.3 is 9.47 Å². The zero-order chi connectivity index (χ0) is 24.5. The first-order chi connectivity index (χ1) is 15.9. The van der Waals surface area contributed by atoms with Crippen LogP contribution in [0.1, 0.15) is 122 Å². The van der Waals surface area contributed by atoms with Gasteiger partial charge in [-0.15, -0.1) is 0 Å². The van der Waals surface area contributed by atoms with Gasteiger partial charge in [0.1, 0.15) is 5.75 Å². The van der Waals surface area contributed by atoms with E-state index in [1.54, 1.807) is 38.1 Å². The average molecular weight is 461 g/mol. The Hall–Kier alpha value is -2.17. The van der Waals surface area contributed by atoms with E-state index in [1.807, 2.05) is 0 Å². The zero-order valence-electron chi connectivity index (χ0n) is 21.3. The van der Waals surface area contributed by atoms with Gasteiger partial charge in [0.25, 0.3) is 0 Å². The lowest BCUT2D eigenvalue weighted by molar-refractivity contribution is -0.168. The van der Waals surface area contributed by atoms with Gasteiger partial charge in [0.2, 0.25) is 0 Å². The largest absolute Gasteiger partial charge is 0.465 e. The summed E-state index contributed by atoms with van der Waals surface area (Å²) in [6.45, 7) is 7.65. The third-order valence-electron chi connectivity index (χ3n) is 6.44. The number of ether oxygens (including phenoxy) is 2. The number of unbranched alkanes of at least 4 members (excludes halogenated alkanes) is 10. The van der Waals surface area contributed by atoms with Crippen LogP contribution in [0.15, 0.2) is 24.3 Å². The molecule has 0 unspecified atom stereocenters. The predicted octanol–water partition coefficient (Wildman–Crippen LogP) is 7.46. The van der Waals surface area contributed by atoms with Gasteiger partial charge in [0.05, 0.1) is 6.61 Å². The van der Waals surface area contributed by atoms with Gasteiger partial charge in [-0.3, -0.25) is 14.4 Å². The third-order valence-corrected chi connectivity index (χ3v) is 6.44. The molecule has 0 saturated heterocycles. The molecule has 0 N–H and O–H groups in total. The van der Waals surface area contributed by atoms with Crippen molar-refractivity contribution in [1.29, 1.82) is 0 Å². The van der Waals surface area contributed by atoms with E-state index in [2.05, 4.69) is 6.92 Å². The number of carbonyl (C=O) groups is 3. The number of benzene rings is 1. The number of hydrogen-bond acceptors (Lipinski definition) is 5. The molecule has 5 nitrogen and oxygen atoms in total. The molecule has 0 aromatic heterocycles. The van der Waals surface area contributed by atoms with Gasteiger partial charge >= 0.3 is 11.9 Å². The fourth-order valence-electron chi connectivity index (χ4n) is 3.94. The van der Waals surface area contributed by atoms with Crippen molar-refractivity contribution in [2.45, 2.75) is 111 Å². The summed E-state index contributed by atoms with van der Waals surface area (Å²) in [6, 6.07) is 6.35. The normalized spacial score (nSPS) is 11.3. The van der Waals surface area contributed by atoms with Crippen LogP contribution in [0.25, 0.3) is 0 Å². The van der Waals surface area contributed by atoms with Crippen LogP contribution in [0.4, 0.5) is 0 Å². The monoisotopic (exact) mass is 460 g/mol. The minimum Gasteiger partial charge on any atom is -0.465 e. The van der Waals surface area contributed by atoms with E-state index in [9.17, 15) is 14.4 Å². The first-order valence-electron chi connectivity index (χ1n) is 12.9. The smallest absolute Gasteiger partial charge is 0.328 e. The molecule has 186 valence electrons. The van der Waals surface area contributed by atoms with Crippen molar-refractivity contribution in [3.8, 4) is 5.75 Å². The number of rotatable bonds is 18. The van der Waals surface area contributed by atoms with E-state index < -0.39 is 17.4 Å². The van der Waals surface area contributed by atoms with Crippen molar-refractivity contribution in [2.24, 2.45) is 5.41 Å². The Balaban J connectivity index is 2.37. The first kappa shape index (κ1) is 28.9. The lowest BCUT2D eigenvalue weighted by atomic mass is 9.82. The van der Waals surface area contributed by atoms with Crippen molar-refractivity contribution in [3.05, 3.63) is 29.8 Å². The van der Waals surface area contributed by atoms with E-state index in [4.69, 9.17) is 9.47 Å². The highest BCUT2D eigenvalue weighted by atomic mass is 16.6. The van der Waals surface area contributed by atoms with Crippen LogP contribution in [0.2, 0.25) is 0 Å². The summed E-state index contributed by atoms with van der Waals surface area (Å²) in [5.41, 5.74) is -0.768. The number of hydrogen-bond donors (Lipinski definition) is 0. The number of carbonyl (C=O) groups excluding carboxylic acids is 3. The van der Waals surface area contributed by atoms with Crippen LogP contribution in [-0.4, -0.2) is 24.3 Å². The quantitative estimate of drug-likeness (QED) is 0.0747. The second-order valence-corrected chi connectivity index (χ2v) is 8.93. The van der Waals surface area contributed by atoms with Gasteiger partial charge in [-0.05, 0) is 50.5 Å². The summed E-state index contributed by atoms with van der Waals surface area (Å²) in [5.74, 6) is -0.860. The second kappa shape index (κ2) is 16.4. The van der Waals surface area contributed by atoms with Crippen LogP contribution in [-0.2, 0) is 14.3 Å². The summed E-state index contributed by atoms with van der Waals surface area (Å²) in [6.07, 6.45) is 14.1. The fourth-order valence-corrected chi connectivity index (χ4v) is 3.94. The molecule has 1 aromatic carbocycles. The Morgan fingerprint density at radius 2 is 1.18 bits per heavy atom. The molecule has 5 heteroatoms. The highest BCUT2D eigenvalue weighted by Crippen LogP contribution is 2.31. The maximum atomic E-state index is 12.9. The molecule has 1 rings (SSSR count). The van der Waals surface area contributed by atoms with Crippen molar-refractivity contribution in [2.75, 3.05) is 6.61 Å². The molecule has 0 fully saturated rings. The van der Waals surface area contributed by atoms with Crippen molar-refractivity contribution >= 4 is 17.7 Å². The minimum atomic E-state index is -1.31. The maximum Gasteiger partial charge on any atom is 0.328 e. The summed E-state index contributed by atoms with van der Waals surface area (Å²) >= 11 is 0. The lowest BCUT2D eigenvalue weighted by Gasteiger charge is -2.26. The minimum absolute atomic E-state index is 0.0599. The predicted molar refractivity (Wildman–Crippen MR) is 133 cm³/mol. The van der Waals surface area contributed by atoms with Crippen LogP contribution in [0.5, 0.6) is 5.75 Å². The van der Waals surface area contributed by atoms with Gasteiger partial charge in [0, 0.05) is 5.56 Å². The molecule has 0 radical (unpaired) electrons. The van der Waals surface area contributed by atoms with Crippen LogP contribution >= 0.6 is 0 Å². The lowest BCUT2D eigenvalue weighted by Crippen LogP contribution is -2.42. The highest BCUT2D eigenvalue weighted by Gasteiger charge is 2.46. The molecular weight excluding hydrogens is 416 g/mol. The molecule has 0 aliphatic carbocycles. The first-order valence-corrected chi connectivity index (χ1v) is 12.9. The van der Waals surface area contributed by atoms with Gasteiger partial charge in [-0.25, -0.2) is 0 Å². The number of ketones is 1. The van der Waals surface area contributed by atoms with E-state index >= 15 is 0 Å². The third kappa shape index (κ3) is 10.1. The molecule has 0 amide bonds. The second-order valence-electron chi connectivity index (χ2n) is 8.93. The van der Waals surface area contributed by atoms with E-state index in [-0.39, 0.29) is 5.78 Å². The highest BCUT2D eigenvalue weighted by molar-refractivity contribution is 6.01.